The Morgan fingerprint density at radius 2 is 2.07 bits per heavy atom. The van der Waals surface area contributed by atoms with Crippen LogP contribution in [-0.4, -0.2) is 47.5 Å². The van der Waals surface area contributed by atoms with Gasteiger partial charge in [-0.1, -0.05) is 6.42 Å². The van der Waals surface area contributed by atoms with E-state index in [-0.39, 0.29) is 10.7 Å². The average molecular weight is 389 g/mol. The van der Waals surface area contributed by atoms with Crippen molar-refractivity contribution < 1.29 is 8.42 Å². The molecule has 144 valence electrons. The smallest absolute Gasteiger partial charge is 0.244 e. The molecule has 1 aliphatic rings. The molecule has 0 atom stereocenters. The Bertz CT molecular complexity index is 910. The molecule has 0 spiro atoms. The second-order valence-corrected chi connectivity index (χ2v) is 8.39. The number of aromatic nitrogens is 3. The zero-order valence-electron chi connectivity index (χ0n) is 15.0. The molecule has 3 heterocycles. The maximum absolute atomic E-state index is 12.6. The fraction of sp³-hybridized carbons (Fsp3) is 0.471. The Morgan fingerprint density at radius 1 is 1.30 bits per heavy atom. The van der Waals surface area contributed by atoms with E-state index in [9.17, 15) is 8.42 Å². The number of hydrogen-bond donors (Lipinski definition) is 3. The quantitative estimate of drug-likeness (QED) is 0.609. The zero-order chi connectivity index (χ0) is 19.3. The summed E-state index contributed by atoms with van der Waals surface area (Å²) >= 11 is 0. The van der Waals surface area contributed by atoms with Crippen molar-refractivity contribution in [2.75, 3.05) is 30.7 Å². The summed E-state index contributed by atoms with van der Waals surface area (Å²) in [6.07, 6.45) is 5.65. The SMILES string of the molecule is N#Cc1c(N)n[nH]c1CCCNc1ccc(S(=O)(=O)N2CCCCC2)cn1. The standard InChI is InChI=1S/C17H23N7O2S/c18-11-14-15(22-23-17(14)19)5-4-8-20-16-7-6-13(12-21-16)27(25,26)24-9-2-1-3-10-24/h6-7,12H,1-5,8-10H2,(H,20,21)(H3,19,22,23). The van der Waals surface area contributed by atoms with E-state index in [1.54, 1.807) is 12.1 Å². The van der Waals surface area contributed by atoms with Crippen molar-refractivity contribution >= 4 is 21.7 Å². The average Bonchev–Trinajstić information content (AvgIpc) is 3.06. The second-order valence-electron chi connectivity index (χ2n) is 6.45. The number of nitrogens with two attached hydrogens (primary N) is 1. The molecule has 1 saturated heterocycles. The molecule has 3 rings (SSSR count). The maximum Gasteiger partial charge on any atom is 0.244 e. The van der Waals surface area contributed by atoms with Gasteiger partial charge in [-0.15, -0.1) is 0 Å². The van der Waals surface area contributed by atoms with E-state index in [2.05, 4.69) is 20.5 Å². The number of hydrogen-bond acceptors (Lipinski definition) is 7. The highest BCUT2D eigenvalue weighted by molar-refractivity contribution is 7.89. The first-order valence-corrected chi connectivity index (χ1v) is 10.4. The summed E-state index contributed by atoms with van der Waals surface area (Å²) in [7, 11) is -3.46. The van der Waals surface area contributed by atoms with Gasteiger partial charge in [-0.3, -0.25) is 5.10 Å². The fourth-order valence-corrected chi connectivity index (χ4v) is 4.54. The number of nitrogens with one attached hydrogen (secondary N) is 2. The zero-order valence-corrected chi connectivity index (χ0v) is 15.8. The first kappa shape index (κ1) is 19.1. The third-order valence-electron chi connectivity index (χ3n) is 4.58. The first-order valence-electron chi connectivity index (χ1n) is 8.95. The summed E-state index contributed by atoms with van der Waals surface area (Å²) in [6.45, 7) is 1.77. The summed E-state index contributed by atoms with van der Waals surface area (Å²) in [6, 6.07) is 5.30. The Balaban J connectivity index is 1.52. The number of aromatic amines is 1. The van der Waals surface area contributed by atoms with Crippen molar-refractivity contribution in [1.29, 1.82) is 5.26 Å². The van der Waals surface area contributed by atoms with Crippen molar-refractivity contribution in [2.24, 2.45) is 0 Å². The van der Waals surface area contributed by atoms with E-state index >= 15 is 0 Å². The number of aryl methyl sites for hydroxylation is 1. The predicted octanol–water partition coefficient (Wildman–Crippen LogP) is 1.48. The number of nitriles is 1. The third kappa shape index (κ3) is 4.37. The first-order chi connectivity index (χ1) is 13.0. The van der Waals surface area contributed by atoms with Gasteiger partial charge in [0.05, 0.1) is 5.69 Å². The van der Waals surface area contributed by atoms with Crippen LogP contribution in [0.5, 0.6) is 0 Å². The van der Waals surface area contributed by atoms with Crippen LogP contribution in [-0.2, 0) is 16.4 Å². The van der Waals surface area contributed by atoms with Crippen molar-refractivity contribution in [3.8, 4) is 6.07 Å². The van der Waals surface area contributed by atoms with Gasteiger partial charge in [0.25, 0.3) is 0 Å². The molecule has 0 aromatic carbocycles. The van der Waals surface area contributed by atoms with E-state index in [4.69, 9.17) is 11.0 Å². The Kier molecular flexibility index (Phi) is 5.93. The largest absolute Gasteiger partial charge is 0.381 e. The van der Waals surface area contributed by atoms with Crippen molar-refractivity contribution in [3.05, 3.63) is 29.6 Å². The highest BCUT2D eigenvalue weighted by Crippen LogP contribution is 2.20. The Hall–Kier alpha value is -2.64. The lowest BCUT2D eigenvalue weighted by molar-refractivity contribution is 0.346. The molecule has 27 heavy (non-hydrogen) atoms. The lowest BCUT2D eigenvalue weighted by Crippen LogP contribution is -2.35. The topological polar surface area (TPSA) is 141 Å². The highest BCUT2D eigenvalue weighted by atomic mass is 32.2. The molecule has 1 fully saturated rings. The van der Waals surface area contributed by atoms with Gasteiger partial charge in [0.15, 0.2) is 5.82 Å². The van der Waals surface area contributed by atoms with E-state index in [0.29, 0.717) is 43.1 Å². The molecule has 2 aromatic heterocycles. The van der Waals surface area contributed by atoms with Crippen molar-refractivity contribution in [2.45, 2.75) is 37.0 Å². The molecule has 10 heteroatoms. The lowest BCUT2D eigenvalue weighted by Gasteiger charge is -2.25. The van der Waals surface area contributed by atoms with Crippen LogP contribution in [0.1, 0.15) is 36.9 Å². The number of rotatable bonds is 7. The van der Waals surface area contributed by atoms with Crippen LogP contribution in [0.25, 0.3) is 0 Å². The van der Waals surface area contributed by atoms with Crippen LogP contribution < -0.4 is 11.1 Å². The summed E-state index contributed by atoms with van der Waals surface area (Å²) in [5, 5.41) is 18.8. The monoisotopic (exact) mass is 389 g/mol. The van der Waals surface area contributed by atoms with E-state index in [1.807, 2.05) is 6.07 Å². The molecule has 0 radical (unpaired) electrons. The van der Waals surface area contributed by atoms with Gasteiger partial charge in [-0.05, 0) is 37.8 Å². The summed E-state index contributed by atoms with van der Waals surface area (Å²) in [5.74, 6) is 0.824. The van der Waals surface area contributed by atoms with E-state index < -0.39 is 10.0 Å². The molecule has 0 aliphatic carbocycles. The van der Waals surface area contributed by atoms with Gasteiger partial charge < -0.3 is 11.1 Å². The van der Waals surface area contributed by atoms with Gasteiger partial charge in [-0.25, -0.2) is 13.4 Å². The van der Waals surface area contributed by atoms with E-state index in [1.165, 1.54) is 10.5 Å². The van der Waals surface area contributed by atoms with Gasteiger partial charge in [0.1, 0.15) is 22.3 Å². The number of piperidine rings is 1. The van der Waals surface area contributed by atoms with Gasteiger partial charge in [0, 0.05) is 25.8 Å². The normalized spacial score (nSPS) is 15.4. The number of nitrogen functional groups attached to an aromatic ring is 1. The molecule has 1 aliphatic heterocycles. The molecule has 0 amide bonds. The minimum Gasteiger partial charge on any atom is -0.381 e. The van der Waals surface area contributed by atoms with Gasteiger partial charge >= 0.3 is 0 Å². The molecule has 4 N–H and O–H groups in total. The number of H-pyrrole nitrogens is 1. The highest BCUT2D eigenvalue weighted by Gasteiger charge is 2.26. The Labute approximate surface area is 158 Å². The van der Waals surface area contributed by atoms with Crippen molar-refractivity contribution in [1.82, 2.24) is 19.5 Å². The molecule has 2 aromatic rings. The van der Waals surface area contributed by atoms with Crippen LogP contribution in [0.3, 0.4) is 0 Å². The third-order valence-corrected chi connectivity index (χ3v) is 6.46. The summed E-state index contributed by atoms with van der Waals surface area (Å²) in [5.41, 5.74) is 6.71. The number of anilines is 2. The maximum atomic E-state index is 12.6. The van der Waals surface area contributed by atoms with Crippen LogP contribution in [0.4, 0.5) is 11.6 Å². The number of nitrogens with zero attached hydrogens (tertiary/aromatic N) is 4. The number of pyridine rings is 1. The van der Waals surface area contributed by atoms with Gasteiger partial charge in [-0.2, -0.15) is 14.7 Å². The van der Waals surface area contributed by atoms with Crippen LogP contribution in [0.2, 0.25) is 0 Å². The number of sulfonamides is 1. The molecular weight excluding hydrogens is 366 g/mol. The van der Waals surface area contributed by atoms with Gasteiger partial charge in [0.2, 0.25) is 10.0 Å². The molecule has 0 unspecified atom stereocenters. The van der Waals surface area contributed by atoms with E-state index in [0.717, 1.165) is 25.7 Å². The predicted molar refractivity (Wildman–Crippen MR) is 101 cm³/mol. The lowest BCUT2D eigenvalue weighted by atomic mass is 10.1. The molecule has 0 bridgehead atoms. The van der Waals surface area contributed by atoms with Crippen LogP contribution in [0.15, 0.2) is 23.2 Å². The Morgan fingerprint density at radius 3 is 2.74 bits per heavy atom. The van der Waals surface area contributed by atoms with Crippen LogP contribution in [0, 0.1) is 11.3 Å². The molecule has 0 saturated carbocycles. The fourth-order valence-electron chi connectivity index (χ4n) is 3.07. The molecule has 9 nitrogen and oxygen atoms in total. The molecular formula is C17H23N7O2S. The minimum atomic E-state index is -3.46. The van der Waals surface area contributed by atoms with Crippen molar-refractivity contribution in [3.63, 3.8) is 0 Å². The summed E-state index contributed by atoms with van der Waals surface area (Å²) < 4.78 is 26.7. The second kappa shape index (κ2) is 8.37. The summed E-state index contributed by atoms with van der Waals surface area (Å²) in [4.78, 5) is 4.44. The minimum absolute atomic E-state index is 0.215. The van der Waals surface area contributed by atoms with Crippen LogP contribution >= 0.6 is 0 Å².